The van der Waals surface area contributed by atoms with Crippen LogP contribution in [0.2, 0.25) is 0 Å². The molecule has 3 heterocycles. The number of isocyanates is 1. The molecule has 10 nitrogen and oxygen atoms in total. The van der Waals surface area contributed by atoms with Crippen LogP contribution in [0.5, 0.6) is 23.0 Å². The van der Waals surface area contributed by atoms with Crippen molar-refractivity contribution in [2.45, 2.75) is 78.6 Å². The van der Waals surface area contributed by atoms with Crippen molar-refractivity contribution in [3.05, 3.63) is 149 Å². The number of aliphatic imine (C=N–C) groups is 1. The zero-order valence-electron chi connectivity index (χ0n) is 35.5. The highest BCUT2D eigenvalue weighted by Gasteiger charge is 2.24. The minimum Gasteiger partial charge on any atom is -0.491 e. The molecule has 10 heteroatoms. The Morgan fingerprint density at radius 3 is 1.25 bits per heavy atom. The van der Waals surface area contributed by atoms with Crippen LogP contribution in [0.3, 0.4) is 0 Å². The van der Waals surface area contributed by atoms with Crippen molar-refractivity contribution in [1.29, 1.82) is 5.26 Å². The van der Waals surface area contributed by atoms with Crippen LogP contribution in [-0.4, -0.2) is 64.0 Å². The van der Waals surface area contributed by atoms with Gasteiger partial charge in [-0.1, -0.05) is 112 Å². The van der Waals surface area contributed by atoms with Crippen LogP contribution in [0.1, 0.15) is 60.9 Å². The lowest BCUT2D eigenvalue weighted by Gasteiger charge is -2.06. The third-order valence-electron chi connectivity index (χ3n) is 9.08. The van der Waals surface area contributed by atoms with E-state index in [4.69, 9.17) is 38.4 Å². The molecule has 0 saturated carbocycles. The predicted molar refractivity (Wildman–Crippen MR) is 234 cm³/mol. The zero-order chi connectivity index (χ0) is 42.8. The molecule has 0 radical (unpaired) electrons. The van der Waals surface area contributed by atoms with Crippen LogP contribution >= 0.6 is 0 Å². The smallest absolute Gasteiger partial charge is 0.292 e. The van der Waals surface area contributed by atoms with Gasteiger partial charge in [0, 0.05) is 0 Å². The Kier molecular flexibility index (Phi) is 21.0. The third-order valence-corrected chi connectivity index (χ3v) is 9.08. The molecule has 5 aromatic rings. The summed E-state index contributed by atoms with van der Waals surface area (Å²) in [6.45, 7) is 15.2. The summed E-state index contributed by atoms with van der Waals surface area (Å²) in [5.41, 5.74) is 6.35. The molecule has 3 aliphatic heterocycles. The molecular formula is C50H58N2O8. The minimum atomic E-state index is 0.338. The van der Waals surface area contributed by atoms with Crippen molar-refractivity contribution in [3.63, 3.8) is 0 Å². The highest BCUT2D eigenvalue weighted by Crippen LogP contribution is 2.21. The Labute approximate surface area is 355 Å². The molecule has 0 aliphatic carbocycles. The fourth-order valence-electron chi connectivity index (χ4n) is 5.25. The first-order valence-corrected chi connectivity index (χ1v) is 20.5. The summed E-state index contributed by atoms with van der Waals surface area (Å²) in [5, 5.41) is 8.39. The number of hydrogen-bond acceptors (Lipinski definition) is 10. The van der Waals surface area contributed by atoms with Gasteiger partial charge in [-0.05, 0) is 97.5 Å². The summed E-state index contributed by atoms with van der Waals surface area (Å²) in [7, 11) is 0. The number of benzene rings is 5. The summed E-state index contributed by atoms with van der Waals surface area (Å²) >= 11 is 0. The summed E-state index contributed by atoms with van der Waals surface area (Å²) in [6.07, 6.45) is 8.99. The van der Waals surface area contributed by atoms with E-state index in [1.165, 1.54) is 42.0 Å². The average molecular weight is 815 g/mol. The fraction of sp³-hybridized carbons (Fsp3) is 0.360. The largest absolute Gasteiger partial charge is 0.491 e. The van der Waals surface area contributed by atoms with E-state index in [1.807, 2.05) is 118 Å². The van der Waals surface area contributed by atoms with Gasteiger partial charge in [0.1, 0.15) is 61.1 Å². The molecule has 3 saturated heterocycles. The van der Waals surface area contributed by atoms with Crippen molar-refractivity contribution in [2.75, 3.05) is 39.6 Å². The maximum atomic E-state index is 10.1. The number of nitrogens with zero attached hydrogens (tertiary/aromatic N) is 2. The Balaban J connectivity index is 0.000000173. The van der Waals surface area contributed by atoms with Crippen LogP contribution in [0.4, 0.5) is 5.69 Å². The molecule has 5 aromatic carbocycles. The summed E-state index contributed by atoms with van der Waals surface area (Å²) in [6, 6.07) is 38.8. The van der Waals surface area contributed by atoms with E-state index in [0.29, 0.717) is 49.6 Å². The maximum absolute atomic E-state index is 10.1. The van der Waals surface area contributed by atoms with Gasteiger partial charge >= 0.3 is 0 Å². The van der Waals surface area contributed by atoms with Crippen molar-refractivity contribution < 1.29 is 38.0 Å². The van der Waals surface area contributed by atoms with E-state index >= 15 is 0 Å². The summed E-state index contributed by atoms with van der Waals surface area (Å²) in [5.74, 6) is 3.43. The SMILES string of the molecule is CCCCC.Cc1ccccc1OCC1CO1.Cc1ccccc1OCC1CO1.Cc1ccccc1OCC1CO1.N#COc1ccc(Cc2ccc(N=C=O)cc2)cc1. The Morgan fingerprint density at radius 1 is 0.583 bits per heavy atom. The average Bonchev–Trinajstić information content (AvgIpc) is 4.11. The summed E-state index contributed by atoms with van der Waals surface area (Å²) in [4.78, 5) is 13.6. The van der Waals surface area contributed by atoms with Gasteiger partial charge in [0.15, 0.2) is 0 Å². The zero-order valence-corrected chi connectivity index (χ0v) is 35.5. The normalized spacial score (nSPS) is 16.0. The maximum Gasteiger partial charge on any atom is 0.292 e. The van der Waals surface area contributed by atoms with Crippen LogP contribution in [0.25, 0.3) is 0 Å². The molecular weight excluding hydrogens is 757 g/mol. The molecule has 60 heavy (non-hydrogen) atoms. The number of unbranched alkanes of at least 4 members (excludes halogenated alkanes) is 2. The highest BCUT2D eigenvalue weighted by molar-refractivity contribution is 5.49. The lowest BCUT2D eigenvalue weighted by atomic mass is 10.0. The van der Waals surface area contributed by atoms with Crippen LogP contribution in [0, 0.1) is 32.3 Å². The van der Waals surface area contributed by atoms with Crippen LogP contribution in [0.15, 0.2) is 126 Å². The van der Waals surface area contributed by atoms with Gasteiger partial charge in [0.25, 0.3) is 6.26 Å². The number of hydrogen-bond donors (Lipinski definition) is 0. The molecule has 316 valence electrons. The second-order valence-corrected chi connectivity index (χ2v) is 14.3. The van der Waals surface area contributed by atoms with Crippen molar-refractivity contribution in [2.24, 2.45) is 4.99 Å². The van der Waals surface area contributed by atoms with E-state index < -0.39 is 0 Å². The van der Waals surface area contributed by atoms with Crippen molar-refractivity contribution in [1.82, 2.24) is 0 Å². The molecule has 3 atom stereocenters. The lowest BCUT2D eigenvalue weighted by Crippen LogP contribution is -2.04. The van der Waals surface area contributed by atoms with Crippen LogP contribution < -0.4 is 18.9 Å². The first kappa shape index (κ1) is 46.7. The second-order valence-electron chi connectivity index (χ2n) is 14.3. The number of ether oxygens (including phenoxy) is 7. The highest BCUT2D eigenvalue weighted by atomic mass is 16.6. The minimum absolute atomic E-state index is 0.338. The number of para-hydroxylation sites is 3. The molecule has 0 spiro atoms. The number of carbonyl (C=O) groups excluding carboxylic acids is 1. The molecule has 3 unspecified atom stereocenters. The van der Waals surface area contributed by atoms with E-state index in [1.54, 1.807) is 30.5 Å². The standard InChI is InChI=1S/C15H10N2O2.3C10H12O2.C5H12/c16-10-19-15-7-3-13(4-8-15)9-12-1-5-14(6-2-12)17-11-18;3*1-8-4-2-3-5-10(8)12-7-9-6-11-9;1-3-5-4-2/h1-8H,9H2;3*2-5,9H,6-7H2,1H3;3-5H2,1-2H3. The quantitative estimate of drug-likeness (QED) is 0.0439. The van der Waals surface area contributed by atoms with Gasteiger partial charge < -0.3 is 33.2 Å². The molecule has 0 bridgehead atoms. The molecule has 0 N–H and O–H groups in total. The number of aryl methyl sites for hydroxylation is 3. The van der Waals surface area contributed by atoms with Crippen molar-refractivity contribution >= 4 is 11.8 Å². The first-order chi connectivity index (χ1) is 29.3. The van der Waals surface area contributed by atoms with Gasteiger partial charge in [-0.3, -0.25) is 0 Å². The molecule has 3 aliphatic rings. The Hall–Kier alpha value is -5.95. The molecule has 8 rings (SSSR count). The third kappa shape index (κ3) is 19.7. The van der Waals surface area contributed by atoms with E-state index in [0.717, 1.165) is 54.6 Å². The lowest BCUT2D eigenvalue weighted by molar-refractivity contribution is 0.262. The topological polar surface area (TPSA) is 128 Å². The summed E-state index contributed by atoms with van der Waals surface area (Å²) < 4.78 is 36.5. The Morgan fingerprint density at radius 2 is 0.950 bits per heavy atom. The monoisotopic (exact) mass is 814 g/mol. The molecule has 0 amide bonds. The van der Waals surface area contributed by atoms with Crippen LogP contribution in [-0.2, 0) is 25.4 Å². The predicted octanol–water partition coefficient (Wildman–Crippen LogP) is 10.6. The van der Waals surface area contributed by atoms with E-state index in [9.17, 15) is 4.79 Å². The van der Waals surface area contributed by atoms with Crippen molar-refractivity contribution in [3.8, 4) is 29.3 Å². The van der Waals surface area contributed by atoms with Gasteiger partial charge in [-0.25, -0.2) is 4.79 Å². The molecule has 3 fully saturated rings. The van der Waals surface area contributed by atoms with Gasteiger partial charge in [0.2, 0.25) is 6.08 Å². The fourth-order valence-corrected chi connectivity index (χ4v) is 5.25. The number of rotatable bonds is 15. The number of epoxide rings is 3. The second kappa shape index (κ2) is 26.9. The number of nitriles is 1. The van der Waals surface area contributed by atoms with Gasteiger partial charge in [0.05, 0.1) is 25.5 Å². The first-order valence-electron chi connectivity index (χ1n) is 20.5. The van der Waals surface area contributed by atoms with Gasteiger partial charge in [-0.15, -0.1) is 5.26 Å². The Bertz CT molecular complexity index is 1910. The van der Waals surface area contributed by atoms with E-state index in [-0.39, 0.29) is 0 Å². The van der Waals surface area contributed by atoms with E-state index in [2.05, 4.69) is 18.8 Å². The molecule has 0 aromatic heterocycles. The van der Waals surface area contributed by atoms with Gasteiger partial charge in [-0.2, -0.15) is 4.99 Å².